The molecule has 0 fully saturated rings. The van der Waals surface area contributed by atoms with E-state index < -0.39 is 0 Å². The summed E-state index contributed by atoms with van der Waals surface area (Å²) in [5.41, 5.74) is 0.677. The molecule has 1 aromatic heterocycles. The van der Waals surface area contributed by atoms with Crippen molar-refractivity contribution < 1.29 is 14.6 Å². The Labute approximate surface area is 166 Å². The van der Waals surface area contributed by atoms with E-state index in [1.54, 1.807) is 25.1 Å². The van der Waals surface area contributed by atoms with E-state index in [4.69, 9.17) is 9.47 Å². The number of ether oxygens (including phenoxy) is 2. The molecule has 0 unspecified atom stereocenters. The second kappa shape index (κ2) is 7.27. The second-order valence-electron chi connectivity index (χ2n) is 6.46. The van der Waals surface area contributed by atoms with Gasteiger partial charge in [-0.05, 0) is 29.8 Å². The van der Waals surface area contributed by atoms with Gasteiger partial charge in [0.25, 0.3) is 5.56 Å². The van der Waals surface area contributed by atoms with Crippen molar-refractivity contribution in [3.8, 4) is 17.2 Å². The molecule has 0 aliphatic carbocycles. The van der Waals surface area contributed by atoms with Gasteiger partial charge in [0.05, 0.1) is 31.3 Å². The van der Waals surface area contributed by atoms with Crippen molar-refractivity contribution in [2.75, 3.05) is 14.2 Å². The average molecular weight is 389 g/mol. The Morgan fingerprint density at radius 2 is 1.76 bits per heavy atom. The molecule has 0 saturated carbocycles. The fourth-order valence-electron chi connectivity index (χ4n) is 3.29. The van der Waals surface area contributed by atoms with Crippen LogP contribution in [-0.4, -0.2) is 35.2 Å². The Bertz CT molecular complexity index is 1330. The predicted octanol–water partition coefficient (Wildman–Crippen LogP) is 3.46. The van der Waals surface area contributed by atoms with Crippen molar-refractivity contribution in [2.45, 2.75) is 6.92 Å². The van der Waals surface area contributed by atoms with Gasteiger partial charge in [0.2, 0.25) is 0 Å². The maximum atomic E-state index is 13.0. The summed E-state index contributed by atoms with van der Waals surface area (Å²) in [5, 5.41) is 16.8. The van der Waals surface area contributed by atoms with E-state index in [2.05, 4.69) is 10.1 Å². The van der Waals surface area contributed by atoms with Crippen LogP contribution in [0.3, 0.4) is 0 Å². The van der Waals surface area contributed by atoms with Gasteiger partial charge in [0, 0.05) is 11.6 Å². The number of fused-ring (bicyclic) bond motifs is 2. The Hall–Kier alpha value is -3.87. The first-order chi connectivity index (χ1) is 14.0. The van der Waals surface area contributed by atoms with Gasteiger partial charge in [-0.3, -0.25) is 4.79 Å². The number of nitrogens with zero attached hydrogens (tertiary/aromatic N) is 3. The lowest BCUT2D eigenvalue weighted by Gasteiger charge is -2.10. The Morgan fingerprint density at radius 1 is 1.03 bits per heavy atom. The predicted molar refractivity (Wildman–Crippen MR) is 112 cm³/mol. The van der Waals surface area contributed by atoms with Gasteiger partial charge in [-0.2, -0.15) is 9.78 Å². The zero-order valence-electron chi connectivity index (χ0n) is 16.2. The van der Waals surface area contributed by atoms with Crippen LogP contribution in [0.1, 0.15) is 11.4 Å². The van der Waals surface area contributed by atoms with Gasteiger partial charge >= 0.3 is 0 Å². The molecule has 0 aliphatic heterocycles. The van der Waals surface area contributed by atoms with Crippen LogP contribution in [0.5, 0.6) is 17.2 Å². The Balaban J connectivity index is 1.89. The lowest BCUT2D eigenvalue weighted by Crippen LogP contribution is -2.20. The van der Waals surface area contributed by atoms with Crippen molar-refractivity contribution >= 4 is 27.9 Å². The molecule has 146 valence electrons. The SMILES string of the molecule is COc1cc2nc(C)n(/N=C/c3c(O)ccc4ccccc34)c(=O)c2cc1OC. The molecular formula is C22H19N3O4. The standard InChI is InChI=1S/C22H19N3O4/c1-13-24-18-11-21(29-3)20(28-2)10-16(18)22(27)25(13)23-12-17-15-7-5-4-6-14(15)8-9-19(17)26/h4-12,26H,1-3H3/b23-12+. The third-order valence-corrected chi connectivity index (χ3v) is 4.76. The minimum Gasteiger partial charge on any atom is -0.507 e. The van der Waals surface area contributed by atoms with Gasteiger partial charge < -0.3 is 14.6 Å². The highest BCUT2D eigenvalue weighted by atomic mass is 16.5. The number of aromatic nitrogens is 2. The molecule has 0 radical (unpaired) electrons. The zero-order chi connectivity index (χ0) is 20.5. The maximum Gasteiger partial charge on any atom is 0.282 e. The van der Waals surface area contributed by atoms with Crippen LogP contribution < -0.4 is 15.0 Å². The van der Waals surface area contributed by atoms with Crippen LogP contribution in [0.15, 0.2) is 58.4 Å². The number of aromatic hydroxyl groups is 1. The summed E-state index contributed by atoms with van der Waals surface area (Å²) in [6.45, 7) is 1.69. The summed E-state index contributed by atoms with van der Waals surface area (Å²) in [4.78, 5) is 17.5. The van der Waals surface area contributed by atoms with E-state index in [0.717, 1.165) is 10.8 Å². The van der Waals surface area contributed by atoms with Gasteiger partial charge in [0.1, 0.15) is 11.6 Å². The molecular weight excluding hydrogens is 370 g/mol. The monoisotopic (exact) mass is 389 g/mol. The van der Waals surface area contributed by atoms with E-state index in [1.165, 1.54) is 25.1 Å². The molecule has 1 heterocycles. The van der Waals surface area contributed by atoms with Crippen molar-refractivity contribution in [1.82, 2.24) is 9.66 Å². The zero-order valence-corrected chi connectivity index (χ0v) is 16.2. The molecule has 0 amide bonds. The van der Waals surface area contributed by atoms with Crippen LogP contribution in [0, 0.1) is 6.92 Å². The number of methoxy groups -OCH3 is 2. The van der Waals surface area contributed by atoms with Crippen LogP contribution in [-0.2, 0) is 0 Å². The molecule has 3 aromatic carbocycles. The smallest absolute Gasteiger partial charge is 0.282 e. The van der Waals surface area contributed by atoms with E-state index in [9.17, 15) is 9.90 Å². The van der Waals surface area contributed by atoms with Crippen molar-refractivity contribution in [3.63, 3.8) is 0 Å². The molecule has 0 saturated heterocycles. The lowest BCUT2D eigenvalue weighted by atomic mass is 10.0. The van der Waals surface area contributed by atoms with Crippen LogP contribution in [0.2, 0.25) is 0 Å². The van der Waals surface area contributed by atoms with Gasteiger partial charge in [-0.1, -0.05) is 30.3 Å². The van der Waals surface area contributed by atoms with Gasteiger partial charge in [0.15, 0.2) is 11.5 Å². The third-order valence-electron chi connectivity index (χ3n) is 4.76. The summed E-state index contributed by atoms with van der Waals surface area (Å²) < 4.78 is 11.8. The summed E-state index contributed by atoms with van der Waals surface area (Å²) in [6, 6.07) is 14.3. The summed E-state index contributed by atoms with van der Waals surface area (Å²) >= 11 is 0. The maximum absolute atomic E-state index is 13.0. The summed E-state index contributed by atoms with van der Waals surface area (Å²) in [7, 11) is 3.03. The molecule has 4 rings (SSSR count). The molecule has 29 heavy (non-hydrogen) atoms. The number of phenols is 1. The average Bonchev–Trinajstić information content (AvgIpc) is 2.74. The fourth-order valence-corrected chi connectivity index (χ4v) is 3.29. The number of aryl methyl sites for hydroxylation is 1. The number of phenolic OH excluding ortho intramolecular Hbond substituents is 1. The summed E-state index contributed by atoms with van der Waals surface area (Å²) in [6.07, 6.45) is 1.47. The normalized spacial score (nSPS) is 11.4. The molecule has 0 atom stereocenters. The van der Waals surface area contributed by atoms with E-state index >= 15 is 0 Å². The number of rotatable bonds is 4. The minimum absolute atomic E-state index is 0.0818. The largest absolute Gasteiger partial charge is 0.507 e. The van der Waals surface area contributed by atoms with Crippen LogP contribution in [0.25, 0.3) is 21.7 Å². The summed E-state index contributed by atoms with van der Waals surface area (Å²) in [5.74, 6) is 1.42. The highest BCUT2D eigenvalue weighted by Gasteiger charge is 2.13. The van der Waals surface area contributed by atoms with Crippen LogP contribution in [0.4, 0.5) is 0 Å². The van der Waals surface area contributed by atoms with Gasteiger partial charge in [-0.25, -0.2) is 4.98 Å². The molecule has 7 heteroatoms. The second-order valence-corrected chi connectivity index (χ2v) is 6.46. The highest BCUT2D eigenvalue weighted by Crippen LogP contribution is 2.30. The molecule has 7 nitrogen and oxygen atoms in total. The molecule has 0 spiro atoms. The molecule has 0 aliphatic rings. The van der Waals surface area contributed by atoms with E-state index in [-0.39, 0.29) is 11.3 Å². The quantitative estimate of drug-likeness (QED) is 0.540. The third kappa shape index (κ3) is 3.16. The Kier molecular flexibility index (Phi) is 4.64. The first-order valence-corrected chi connectivity index (χ1v) is 8.94. The van der Waals surface area contributed by atoms with Crippen LogP contribution >= 0.6 is 0 Å². The minimum atomic E-state index is -0.343. The first kappa shape index (κ1) is 18.5. The Morgan fingerprint density at radius 3 is 2.52 bits per heavy atom. The first-order valence-electron chi connectivity index (χ1n) is 8.94. The fraction of sp³-hybridized carbons (Fsp3) is 0.136. The topological polar surface area (TPSA) is 85.9 Å². The number of hydrogen-bond acceptors (Lipinski definition) is 6. The van der Waals surface area contributed by atoms with Crippen molar-refractivity contribution in [2.24, 2.45) is 5.10 Å². The van der Waals surface area contributed by atoms with Gasteiger partial charge in [-0.15, -0.1) is 0 Å². The molecule has 4 aromatic rings. The lowest BCUT2D eigenvalue weighted by molar-refractivity contribution is 0.355. The molecule has 1 N–H and O–H groups in total. The van der Waals surface area contributed by atoms with E-state index in [1.807, 2.05) is 30.3 Å². The molecule has 0 bridgehead atoms. The van der Waals surface area contributed by atoms with Crippen molar-refractivity contribution in [1.29, 1.82) is 0 Å². The number of benzene rings is 3. The van der Waals surface area contributed by atoms with E-state index in [0.29, 0.717) is 33.8 Å². The van der Waals surface area contributed by atoms with Crippen molar-refractivity contribution in [3.05, 3.63) is 70.3 Å². The number of hydrogen-bond donors (Lipinski definition) is 1. The highest BCUT2D eigenvalue weighted by molar-refractivity contribution is 6.02.